The minimum absolute atomic E-state index is 0.191. The van der Waals surface area contributed by atoms with Gasteiger partial charge >= 0.3 is 0 Å². The average molecular weight is 364 g/mol. The molecule has 1 aromatic rings. The van der Waals surface area contributed by atoms with E-state index in [1.807, 2.05) is 0 Å². The van der Waals surface area contributed by atoms with Crippen LogP contribution in [0.15, 0.2) is 27.6 Å². The first-order chi connectivity index (χ1) is 9.40. The largest absolute Gasteiger partial charge is 0.398 e. The summed E-state index contributed by atoms with van der Waals surface area (Å²) in [5.74, 6) is 0. The molecule has 0 saturated carbocycles. The summed E-state index contributed by atoms with van der Waals surface area (Å²) in [4.78, 5) is 2.40. The second kappa shape index (κ2) is 7.97. The lowest BCUT2D eigenvalue weighted by atomic mass is 10.3. The number of sulfonamides is 1. The lowest BCUT2D eigenvalue weighted by Crippen LogP contribution is -2.35. The van der Waals surface area contributed by atoms with Gasteiger partial charge < -0.3 is 10.6 Å². The van der Waals surface area contributed by atoms with Crippen molar-refractivity contribution in [3.8, 4) is 0 Å². The van der Waals surface area contributed by atoms with E-state index in [1.165, 1.54) is 12.1 Å². The first-order valence-electron chi connectivity index (χ1n) is 6.67. The van der Waals surface area contributed by atoms with Gasteiger partial charge in [0.2, 0.25) is 10.0 Å². The van der Waals surface area contributed by atoms with Crippen LogP contribution in [0.3, 0.4) is 0 Å². The van der Waals surface area contributed by atoms with Gasteiger partial charge in [-0.1, -0.05) is 13.8 Å². The highest BCUT2D eigenvalue weighted by Gasteiger charge is 2.15. The molecule has 0 aliphatic rings. The molecular formula is C13H22BrN3O2S. The molecule has 3 N–H and O–H groups in total. The topological polar surface area (TPSA) is 75.4 Å². The van der Waals surface area contributed by atoms with E-state index in [1.54, 1.807) is 6.07 Å². The minimum Gasteiger partial charge on any atom is -0.398 e. The Morgan fingerprint density at radius 3 is 2.55 bits per heavy atom. The predicted molar refractivity (Wildman–Crippen MR) is 86.1 cm³/mol. The van der Waals surface area contributed by atoms with Crippen molar-refractivity contribution in [1.82, 2.24) is 9.62 Å². The zero-order chi connectivity index (χ0) is 15.2. The molecule has 0 heterocycles. The standard InChI is InChI=1S/C13H22BrN3O2S/c1-3-8-17(4-2)9-7-16-20(18,19)11-5-6-12(14)13(15)10-11/h5-6,10,16H,3-4,7-9,15H2,1-2H3. The molecule has 0 saturated heterocycles. The minimum atomic E-state index is -3.50. The third kappa shape index (κ3) is 5.05. The SMILES string of the molecule is CCCN(CC)CCNS(=O)(=O)c1ccc(Br)c(N)c1. The lowest BCUT2D eigenvalue weighted by molar-refractivity contribution is 0.293. The van der Waals surface area contributed by atoms with Gasteiger partial charge in [-0.2, -0.15) is 0 Å². The molecule has 0 bridgehead atoms. The van der Waals surface area contributed by atoms with E-state index >= 15 is 0 Å². The molecule has 0 unspecified atom stereocenters. The van der Waals surface area contributed by atoms with E-state index in [2.05, 4.69) is 39.4 Å². The maximum absolute atomic E-state index is 12.1. The number of nitrogens with two attached hydrogens (primary N) is 1. The number of hydrogen-bond acceptors (Lipinski definition) is 4. The number of nitrogen functional groups attached to an aromatic ring is 1. The monoisotopic (exact) mass is 363 g/mol. The number of nitrogens with one attached hydrogen (secondary N) is 1. The Balaban J connectivity index is 2.63. The van der Waals surface area contributed by atoms with Gasteiger partial charge in [-0.25, -0.2) is 13.1 Å². The molecule has 5 nitrogen and oxygen atoms in total. The van der Waals surface area contributed by atoms with Gasteiger partial charge in [-0.05, 0) is 53.6 Å². The van der Waals surface area contributed by atoms with Crippen molar-refractivity contribution in [3.05, 3.63) is 22.7 Å². The fourth-order valence-corrected chi connectivity index (χ4v) is 3.16. The smallest absolute Gasteiger partial charge is 0.240 e. The van der Waals surface area contributed by atoms with Crippen LogP contribution in [0.5, 0.6) is 0 Å². The van der Waals surface area contributed by atoms with Gasteiger partial charge in [0.15, 0.2) is 0 Å². The molecule has 1 rings (SSSR count). The predicted octanol–water partition coefficient (Wildman–Crippen LogP) is 2.04. The van der Waals surface area contributed by atoms with E-state index in [0.29, 0.717) is 23.2 Å². The molecular weight excluding hydrogens is 342 g/mol. The lowest BCUT2D eigenvalue weighted by Gasteiger charge is -2.19. The van der Waals surface area contributed by atoms with E-state index in [-0.39, 0.29) is 4.90 Å². The van der Waals surface area contributed by atoms with E-state index < -0.39 is 10.0 Å². The summed E-state index contributed by atoms with van der Waals surface area (Å²) >= 11 is 3.25. The van der Waals surface area contributed by atoms with Crippen LogP contribution < -0.4 is 10.5 Å². The quantitative estimate of drug-likeness (QED) is 0.693. The molecule has 0 aliphatic heterocycles. The molecule has 0 atom stereocenters. The van der Waals surface area contributed by atoms with Crippen LogP contribution in [-0.4, -0.2) is 39.5 Å². The van der Waals surface area contributed by atoms with Crippen molar-refractivity contribution < 1.29 is 8.42 Å². The van der Waals surface area contributed by atoms with Crippen molar-refractivity contribution in [2.45, 2.75) is 25.2 Å². The first-order valence-corrected chi connectivity index (χ1v) is 8.95. The third-order valence-electron chi connectivity index (χ3n) is 2.98. The summed E-state index contributed by atoms with van der Waals surface area (Å²) < 4.78 is 27.5. The second-order valence-corrected chi connectivity index (χ2v) is 7.14. The van der Waals surface area contributed by atoms with Crippen molar-refractivity contribution >= 4 is 31.6 Å². The van der Waals surface area contributed by atoms with Crippen molar-refractivity contribution in [2.75, 3.05) is 31.9 Å². The molecule has 0 fully saturated rings. The highest BCUT2D eigenvalue weighted by Crippen LogP contribution is 2.22. The van der Waals surface area contributed by atoms with Gasteiger partial charge in [0.05, 0.1) is 4.90 Å². The van der Waals surface area contributed by atoms with E-state index in [0.717, 1.165) is 19.5 Å². The zero-order valence-electron chi connectivity index (χ0n) is 11.9. The highest BCUT2D eigenvalue weighted by molar-refractivity contribution is 9.10. The molecule has 114 valence electrons. The van der Waals surface area contributed by atoms with E-state index in [9.17, 15) is 8.42 Å². The molecule has 0 spiro atoms. The maximum atomic E-state index is 12.1. The van der Waals surface area contributed by atoms with Gasteiger partial charge in [0.1, 0.15) is 0 Å². The summed E-state index contributed by atoms with van der Waals surface area (Å²) in [5.41, 5.74) is 6.12. The maximum Gasteiger partial charge on any atom is 0.240 e. The molecule has 1 aromatic carbocycles. The summed E-state index contributed by atoms with van der Waals surface area (Å²) in [5, 5.41) is 0. The number of likely N-dealkylation sites (N-methyl/N-ethyl adjacent to an activating group) is 1. The van der Waals surface area contributed by atoms with Crippen molar-refractivity contribution in [3.63, 3.8) is 0 Å². The number of nitrogens with zero attached hydrogens (tertiary/aromatic N) is 1. The number of halogens is 1. The normalized spacial score (nSPS) is 12.0. The number of hydrogen-bond donors (Lipinski definition) is 2. The fraction of sp³-hybridized carbons (Fsp3) is 0.538. The Bertz CT molecular complexity index is 534. The van der Waals surface area contributed by atoms with Gasteiger partial charge in [-0.15, -0.1) is 0 Å². The molecule has 0 amide bonds. The summed E-state index contributed by atoms with van der Waals surface area (Å²) in [6.07, 6.45) is 1.06. The Hall–Kier alpha value is -0.630. The van der Waals surface area contributed by atoms with Gasteiger partial charge in [0.25, 0.3) is 0 Å². The summed E-state index contributed by atoms with van der Waals surface area (Å²) in [6.45, 7) is 7.17. The molecule has 0 aliphatic carbocycles. The Morgan fingerprint density at radius 1 is 1.30 bits per heavy atom. The van der Waals surface area contributed by atoms with Crippen LogP contribution in [0.25, 0.3) is 0 Å². The molecule has 7 heteroatoms. The first kappa shape index (κ1) is 17.4. The van der Waals surface area contributed by atoms with Crippen LogP contribution >= 0.6 is 15.9 Å². The summed E-state index contributed by atoms with van der Waals surface area (Å²) in [7, 11) is -3.50. The van der Waals surface area contributed by atoms with Crippen LogP contribution in [0, 0.1) is 0 Å². The Kier molecular flexibility index (Phi) is 6.94. The average Bonchev–Trinajstić information content (AvgIpc) is 2.40. The van der Waals surface area contributed by atoms with Crippen LogP contribution in [-0.2, 0) is 10.0 Å². The van der Waals surface area contributed by atoms with Crippen molar-refractivity contribution in [2.24, 2.45) is 0 Å². The third-order valence-corrected chi connectivity index (χ3v) is 5.17. The van der Waals surface area contributed by atoms with Crippen molar-refractivity contribution in [1.29, 1.82) is 0 Å². The molecule has 0 radical (unpaired) electrons. The van der Waals surface area contributed by atoms with Crippen LogP contribution in [0.4, 0.5) is 5.69 Å². The molecule has 0 aromatic heterocycles. The van der Waals surface area contributed by atoms with Gasteiger partial charge in [-0.3, -0.25) is 0 Å². The molecule has 20 heavy (non-hydrogen) atoms. The fourth-order valence-electron chi connectivity index (χ4n) is 1.85. The van der Waals surface area contributed by atoms with Gasteiger partial charge in [0, 0.05) is 23.2 Å². The summed E-state index contributed by atoms with van der Waals surface area (Å²) in [6, 6.07) is 4.63. The van der Waals surface area contributed by atoms with Crippen LogP contribution in [0.1, 0.15) is 20.3 Å². The Labute approximate surface area is 129 Å². The van der Waals surface area contributed by atoms with E-state index in [4.69, 9.17) is 5.73 Å². The highest BCUT2D eigenvalue weighted by atomic mass is 79.9. The zero-order valence-corrected chi connectivity index (χ0v) is 14.3. The Morgan fingerprint density at radius 2 is 2.00 bits per heavy atom. The van der Waals surface area contributed by atoms with Crippen LogP contribution in [0.2, 0.25) is 0 Å². The number of anilines is 1. The number of benzene rings is 1. The second-order valence-electron chi connectivity index (χ2n) is 4.52. The number of rotatable bonds is 8.